The van der Waals surface area contributed by atoms with Crippen molar-refractivity contribution in [3.05, 3.63) is 47.5 Å². The SMILES string of the molecule is Cc1cccc(C)c1-n1nnnc1SCC(=O)Nc1ccc2c(c1)OCCO2. The van der Waals surface area contributed by atoms with Crippen LogP contribution in [0.2, 0.25) is 0 Å². The van der Waals surface area contributed by atoms with Gasteiger partial charge in [-0.2, -0.15) is 4.68 Å². The number of rotatable bonds is 5. The summed E-state index contributed by atoms with van der Waals surface area (Å²) < 4.78 is 12.7. The van der Waals surface area contributed by atoms with E-state index in [0.29, 0.717) is 35.6 Å². The molecule has 3 aromatic rings. The standard InChI is InChI=1S/C19H19N5O3S/c1-12-4-3-5-13(2)18(12)24-19(21-22-23-24)28-11-17(25)20-14-6-7-15-16(10-14)27-9-8-26-15/h3-7,10H,8-9,11H2,1-2H3,(H,20,25). The number of tetrazole rings is 1. The van der Waals surface area contributed by atoms with Gasteiger partial charge < -0.3 is 14.8 Å². The molecule has 0 atom stereocenters. The topological polar surface area (TPSA) is 91.2 Å². The molecule has 0 saturated carbocycles. The number of carbonyl (C=O) groups is 1. The Labute approximate surface area is 166 Å². The van der Waals surface area contributed by atoms with Crippen LogP contribution in [0.1, 0.15) is 11.1 Å². The molecule has 1 aliphatic heterocycles. The first-order valence-corrected chi connectivity index (χ1v) is 9.77. The lowest BCUT2D eigenvalue weighted by molar-refractivity contribution is -0.113. The van der Waals surface area contributed by atoms with Gasteiger partial charge in [0.1, 0.15) is 13.2 Å². The van der Waals surface area contributed by atoms with Crippen molar-refractivity contribution in [1.82, 2.24) is 20.2 Å². The van der Waals surface area contributed by atoms with Gasteiger partial charge in [0, 0.05) is 11.8 Å². The Morgan fingerprint density at radius 2 is 1.89 bits per heavy atom. The highest BCUT2D eigenvalue weighted by Crippen LogP contribution is 2.32. The molecule has 1 amide bonds. The van der Waals surface area contributed by atoms with Crippen molar-refractivity contribution in [3.8, 4) is 17.2 Å². The summed E-state index contributed by atoms with van der Waals surface area (Å²) in [5, 5.41) is 15.3. The van der Waals surface area contributed by atoms with E-state index in [4.69, 9.17) is 9.47 Å². The Kier molecular flexibility index (Phi) is 5.16. The third-order valence-electron chi connectivity index (χ3n) is 4.25. The van der Waals surface area contributed by atoms with E-state index in [-0.39, 0.29) is 11.7 Å². The second-order valence-electron chi connectivity index (χ2n) is 6.31. The largest absolute Gasteiger partial charge is 0.486 e. The van der Waals surface area contributed by atoms with Gasteiger partial charge in [0.15, 0.2) is 11.5 Å². The van der Waals surface area contributed by atoms with E-state index in [9.17, 15) is 4.79 Å². The van der Waals surface area contributed by atoms with Gasteiger partial charge in [-0.15, -0.1) is 5.10 Å². The minimum Gasteiger partial charge on any atom is -0.486 e. The van der Waals surface area contributed by atoms with Crippen molar-refractivity contribution in [2.24, 2.45) is 0 Å². The van der Waals surface area contributed by atoms with Crippen LogP contribution in [0.5, 0.6) is 11.5 Å². The summed E-state index contributed by atoms with van der Waals surface area (Å²) in [6, 6.07) is 11.3. The van der Waals surface area contributed by atoms with Gasteiger partial charge in [-0.1, -0.05) is 30.0 Å². The Morgan fingerprint density at radius 3 is 2.68 bits per heavy atom. The number of carbonyl (C=O) groups excluding carboxylic acids is 1. The van der Waals surface area contributed by atoms with E-state index in [1.165, 1.54) is 11.8 Å². The number of hydrogen-bond donors (Lipinski definition) is 1. The second kappa shape index (κ2) is 7.89. The van der Waals surface area contributed by atoms with Crippen molar-refractivity contribution in [2.75, 3.05) is 24.3 Å². The fourth-order valence-electron chi connectivity index (χ4n) is 3.00. The molecule has 1 aliphatic rings. The Morgan fingerprint density at radius 1 is 1.14 bits per heavy atom. The number of aromatic nitrogens is 4. The molecule has 1 N–H and O–H groups in total. The average Bonchev–Trinajstić information content (AvgIpc) is 3.14. The molecule has 2 heterocycles. The number of para-hydroxylation sites is 1. The number of amides is 1. The molecule has 4 rings (SSSR count). The fraction of sp³-hybridized carbons (Fsp3) is 0.263. The number of fused-ring (bicyclic) bond motifs is 1. The van der Waals surface area contributed by atoms with E-state index in [1.807, 2.05) is 32.0 Å². The molecular formula is C19H19N5O3S. The van der Waals surface area contributed by atoms with Crippen molar-refractivity contribution >= 4 is 23.4 Å². The smallest absolute Gasteiger partial charge is 0.234 e. The molecule has 0 fully saturated rings. The fourth-order valence-corrected chi connectivity index (χ4v) is 3.67. The lowest BCUT2D eigenvalue weighted by Gasteiger charge is -2.19. The van der Waals surface area contributed by atoms with Crippen molar-refractivity contribution in [1.29, 1.82) is 0 Å². The minimum atomic E-state index is -0.155. The van der Waals surface area contributed by atoms with Crippen LogP contribution in [0.4, 0.5) is 5.69 Å². The van der Waals surface area contributed by atoms with Gasteiger partial charge in [0.05, 0.1) is 11.4 Å². The Balaban J connectivity index is 1.43. The summed E-state index contributed by atoms with van der Waals surface area (Å²) in [6.07, 6.45) is 0. The lowest BCUT2D eigenvalue weighted by atomic mass is 10.1. The number of nitrogens with one attached hydrogen (secondary N) is 1. The molecular weight excluding hydrogens is 378 g/mol. The molecule has 144 valence electrons. The minimum absolute atomic E-state index is 0.155. The summed E-state index contributed by atoms with van der Waals surface area (Å²) in [5.74, 6) is 1.35. The maximum Gasteiger partial charge on any atom is 0.234 e. The predicted octanol–water partition coefficient (Wildman–Crippen LogP) is 2.78. The van der Waals surface area contributed by atoms with Crippen LogP contribution in [0.25, 0.3) is 5.69 Å². The third kappa shape index (κ3) is 3.79. The van der Waals surface area contributed by atoms with Crippen LogP contribution < -0.4 is 14.8 Å². The third-order valence-corrected chi connectivity index (χ3v) is 5.17. The van der Waals surface area contributed by atoms with E-state index in [2.05, 4.69) is 20.8 Å². The number of anilines is 1. The first-order valence-electron chi connectivity index (χ1n) is 8.79. The molecule has 1 aromatic heterocycles. The molecule has 8 nitrogen and oxygen atoms in total. The summed E-state index contributed by atoms with van der Waals surface area (Å²) in [4.78, 5) is 12.4. The van der Waals surface area contributed by atoms with Crippen molar-refractivity contribution in [3.63, 3.8) is 0 Å². The molecule has 2 aromatic carbocycles. The number of benzene rings is 2. The van der Waals surface area contributed by atoms with Crippen LogP contribution in [-0.2, 0) is 4.79 Å². The monoisotopic (exact) mass is 397 g/mol. The molecule has 0 aliphatic carbocycles. The number of aryl methyl sites for hydroxylation is 2. The average molecular weight is 397 g/mol. The van der Waals surface area contributed by atoms with Gasteiger partial charge in [0.25, 0.3) is 0 Å². The van der Waals surface area contributed by atoms with Gasteiger partial charge >= 0.3 is 0 Å². The van der Waals surface area contributed by atoms with E-state index in [1.54, 1.807) is 22.9 Å². The highest BCUT2D eigenvalue weighted by molar-refractivity contribution is 7.99. The Bertz CT molecular complexity index is 1000. The van der Waals surface area contributed by atoms with Crippen LogP contribution in [0.3, 0.4) is 0 Å². The van der Waals surface area contributed by atoms with Crippen molar-refractivity contribution < 1.29 is 14.3 Å². The zero-order valence-electron chi connectivity index (χ0n) is 15.5. The normalized spacial score (nSPS) is 12.6. The zero-order chi connectivity index (χ0) is 19.5. The van der Waals surface area contributed by atoms with E-state index < -0.39 is 0 Å². The molecule has 0 bridgehead atoms. The van der Waals surface area contributed by atoms with Gasteiger partial charge in [-0.05, 0) is 47.5 Å². The molecule has 0 spiro atoms. The summed E-state index contributed by atoms with van der Waals surface area (Å²) in [7, 11) is 0. The maximum absolute atomic E-state index is 12.4. The number of thioether (sulfide) groups is 1. The van der Waals surface area contributed by atoms with E-state index >= 15 is 0 Å². The number of hydrogen-bond acceptors (Lipinski definition) is 7. The second-order valence-corrected chi connectivity index (χ2v) is 7.25. The van der Waals surface area contributed by atoms with Gasteiger partial charge in [0.2, 0.25) is 11.1 Å². The van der Waals surface area contributed by atoms with Crippen LogP contribution >= 0.6 is 11.8 Å². The zero-order valence-corrected chi connectivity index (χ0v) is 16.3. The summed E-state index contributed by atoms with van der Waals surface area (Å²) in [5.41, 5.74) is 3.72. The lowest BCUT2D eigenvalue weighted by Crippen LogP contribution is -2.17. The molecule has 28 heavy (non-hydrogen) atoms. The first kappa shape index (κ1) is 18.3. The van der Waals surface area contributed by atoms with Crippen LogP contribution in [0.15, 0.2) is 41.6 Å². The number of ether oxygens (including phenoxy) is 2. The Hall–Kier alpha value is -3.07. The molecule has 9 heteroatoms. The van der Waals surface area contributed by atoms with Crippen LogP contribution in [-0.4, -0.2) is 45.1 Å². The maximum atomic E-state index is 12.4. The molecule has 0 radical (unpaired) electrons. The van der Waals surface area contributed by atoms with Gasteiger partial charge in [-0.25, -0.2) is 0 Å². The quantitative estimate of drug-likeness (QED) is 0.662. The highest BCUT2D eigenvalue weighted by Gasteiger charge is 2.16. The summed E-state index contributed by atoms with van der Waals surface area (Å²) in [6.45, 7) is 5.05. The van der Waals surface area contributed by atoms with Crippen LogP contribution in [0, 0.1) is 13.8 Å². The first-order chi connectivity index (χ1) is 13.6. The highest BCUT2D eigenvalue weighted by atomic mass is 32.2. The molecule has 0 saturated heterocycles. The molecule has 0 unspecified atom stereocenters. The van der Waals surface area contributed by atoms with E-state index in [0.717, 1.165) is 16.8 Å². The van der Waals surface area contributed by atoms with Crippen molar-refractivity contribution in [2.45, 2.75) is 19.0 Å². The van der Waals surface area contributed by atoms with Gasteiger partial charge in [-0.3, -0.25) is 4.79 Å². The predicted molar refractivity (Wildman–Crippen MR) is 105 cm³/mol. The summed E-state index contributed by atoms with van der Waals surface area (Å²) >= 11 is 1.28. The number of nitrogens with zero attached hydrogens (tertiary/aromatic N) is 4.